The fourth-order valence-electron chi connectivity index (χ4n) is 2.06. The molecule has 17 heavy (non-hydrogen) atoms. The molecule has 0 heterocycles. The van der Waals surface area contributed by atoms with Crippen molar-refractivity contribution in [2.45, 2.75) is 25.7 Å². The molecule has 6 heteroatoms. The molecular weight excluding hydrogens is 242 g/mol. The molecule has 0 aromatic carbocycles. The summed E-state index contributed by atoms with van der Waals surface area (Å²) in [5, 5.41) is 2.48. The number of nitrogens with zero attached hydrogens (tertiary/aromatic N) is 1. The third-order valence-electron chi connectivity index (χ3n) is 3.05. The fourth-order valence-corrected chi connectivity index (χ4v) is 2.06. The second-order valence-electron chi connectivity index (χ2n) is 4.41. The van der Waals surface area contributed by atoms with Gasteiger partial charge >= 0.3 is 0 Å². The molecule has 2 amide bonds. The van der Waals surface area contributed by atoms with Crippen molar-refractivity contribution < 1.29 is 9.59 Å². The zero-order valence-electron chi connectivity index (χ0n) is 10.3. The summed E-state index contributed by atoms with van der Waals surface area (Å²) < 4.78 is 0. The summed E-state index contributed by atoms with van der Waals surface area (Å²) >= 11 is 0. The Hall–Kier alpha value is -0.810. The molecule has 5 nitrogen and oxygen atoms in total. The van der Waals surface area contributed by atoms with Crippen LogP contribution in [-0.4, -0.2) is 43.4 Å². The molecule has 0 atom stereocenters. The summed E-state index contributed by atoms with van der Waals surface area (Å²) in [6.07, 6.45) is 4.98. The van der Waals surface area contributed by atoms with Crippen LogP contribution in [0.3, 0.4) is 0 Å². The van der Waals surface area contributed by atoms with Crippen LogP contribution in [0.2, 0.25) is 0 Å². The Morgan fingerprint density at radius 2 is 1.94 bits per heavy atom. The van der Waals surface area contributed by atoms with Gasteiger partial charge in [0.25, 0.3) is 0 Å². The van der Waals surface area contributed by atoms with Gasteiger partial charge in [-0.15, -0.1) is 12.4 Å². The number of halogens is 1. The highest BCUT2D eigenvalue weighted by Crippen LogP contribution is 2.24. The average Bonchev–Trinajstić information content (AvgIpc) is 2.77. The average molecular weight is 264 g/mol. The number of likely N-dealkylation sites (N-methyl/N-ethyl adjacent to an activating group) is 1. The van der Waals surface area contributed by atoms with E-state index in [1.165, 1.54) is 25.7 Å². The standard InChI is InChI=1S/C11H21N3O2.ClH/c1-14(8-9-4-2-3-5-9)11(16)7-13-10(15)6-12;/h9H,2-8,12H2,1H3,(H,13,15);1H. The third kappa shape index (κ3) is 5.89. The first-order valence-electron chi connectivity index (χ1n) is 5.84. The van der Waals surface area contributed by atoms with Gasteiger partial charge in [-0.1, -0.05) is 12.8 Å². The number of carbonyl (C=O) groups excluding carboxylic acids is 2. The van der Waals surface area contributed by atoms with Gasteiger partial charge in [0.2, 0.25) is 11.8 Å². The zero-order chi connectivity index (χ0) is 12.0. The topological polar surface area (TPSA) is 75.4 Å². The van der Waals surface area contributed by atoms with E-state index in [1.54, 1.807) is 11.9 Å². The van der Waals surface area contributed by atoms with Crippen LogP contribution in [0.4, 0.5) is 0 Å². The highest BCUT2D eigenvalue weighted by molar-refractivity contribution is 5.85. The van der Waals surface area contributed by atoms with Crippen LogP contribution in [0, 0.1) is 5.92 Å². The molecule has 1 aliphatic rings. The summed E-state index contributed by atoms with van der Waals surface area (Å²) in [5.41, 5.74) is 5.13. The minimum atomic E-state index is -0.289. The van der Waals surface area contributed by atoms with Gasteiger partial charge < -0.3 is 16.0 Å². The molecule has 0 bridgehead atoms. The summed E-state index contributed by atoms with van der Waals surface area (Å²) in [7, 11) is 1.79. The highest BCUT2D eigenvalue weighted by atomic mass is 35.5. The van der Waals surface area contributed by atoms with Crippen molar-refractivity contribution in [1.82, 2.24) is 10.2 Å². The Bertz CT molecular complexity index is 255. The number of nitrogens with two attached hydrogens (primary N) is 1. The molecule has 0 aliphatic heterocycles. The number of nitrogens with one attached hydrogen (secondary N) is 1. The van der Waals surface area contributed by atoms with E-state index in [-0.39, 0.29) is 37.3 Å². The van der Waals surface area contributed by atoms with Crippen molar-refractivity contribution in [2.75, 3.05) is 26.7 Å². The van der Waals surface area contributed by atoms with Gasteiger partial charge in [-0.05, 0) is 18.8 Å². The Morgan fingerprint density at radius 3 is 2.47 bits per heavy atom. The minimum Gasteiger partial charge on any atom is -0.346 e. The Balaban J connectivity index is 0.00000256. The first-order valence-corrected chi connectivity index (χ1v) is 5.84. The second kappa shape index (κ2) is 8.31. The van der Waals surface area contributed by atoms with Crippen molar-refractivity contribution in [3.63, 3.8) is 0 Å². The lowest BCUT2D eigenvalue weighted by molar-refractivity contribution is -0.131. The maximum atomic E-state index is 11.6. The van der Waals surface area contributed by atoms with E-state index in [9.17, 15) is 9.59 Å². The van der Waals surface area contributed by atoms with Crippen LogP contribution >= 0.6 is 12.4 Å². The molecule has 1 saturated carbocycles. The highest BCUT2D eigenvalue weighted by Gasteiger charge is 2.19. The van der Waals surface area contributed by atoms with Crippen LogP contribution in [-0.2, 0) is 9.59 Å². The van der Waals surface area contributed by atoms with Crippen molar-refractivity contribution in [3.8, 4) is 0 Å². The Morgan fingerprint density at radius 1 is 1.35 bits per heavy atom. The number of amides is 2. The minimum absolute atomic E-state index is 0. The molecule has 0 spiro atoms. The first kappa shape index (κ1) is 16.2. The quantitative estimate of drug-likeness (QED) is 0.741. The molecule has 0 unspecified atom stereocenters. The summed E-state index contributed by atoms with van der Waals surface area (Å²) in [6, 6.07) is 0. The van der Waals surface area contributed by atoms with E-state index in [0.29, 0.717) is 5.92 Å². The molecule has 0 saturated heterocycles. The van der Waals surface area contributed by atoms with Gasteiger partial charge in [-0.2, -0.15) is 0 Å². The zero-order valence-corrected chi connectivity index (χ0v) is 11.1. The first-order chi connectivity index (χ1) is 7.63. The van der Waals surface area contributed by atoms with Crippen LogP contribution in [0.25, 0.3) is 0 Å². The van der Waals surface area contributed by atoms with Gasteiger partial charge in [-0.25, -0.2) is 0 Å². The van der Waals surface area contributed by atoms with E-state index in [1.807, 2.05) is 0 Å². The normalized spacial score (nSPS) is 15.2. The molecule has 1 fully saturated rings. The van der Waals surface area contributed by atoms with Crippen LogP contribution < -0.4 is 11.1 Å². The van der Waals surface area contributed by atoms with Gasteiger partial charge in [0, 0.05) is 13.6 Å². The van der Waals surface area contributed by atoms with Crippen LogP contribution in [0.1, 0.15) is 25.7 Å². The molecule has 100 valence electrons. The predicted octanol–water partition coefficient (Wildman–Crippen LogP) is 0.132. The lowest BCUT2D eigenvalue weighted by Gasteiger charge is -2.21. The van der Waals surface area contributed by atoms with Crippen molar-refractivity contribution in [3.05, 3.63) is 0 Å². The van der Waals surface area contributed by atoms with Crippen molar-refractivity contribution in [2.24, 2.45) is 11.7 Å². The summed E-state index contributed by atoms with van der Waals surface area (Å²) in [6.45, 7) is 0.788. The fraction of sp³-hybridized carbons (Fsp3) is 0.818. The van der Waals surface area contributed by atoms with E-state index < -0.39 is 0 Å². The molecule has 1 aliphatic carbocycles. The predicted molar refractivity (Wildman–Crippen MR) is 68.9 cm³/mol. The third-order valence-corrected chi connectivity index (χ3v) is 3.05. The maximum Gasteiger partial charge on any atom is 0.241 e. The SMILES string of the molecule is CN(CC1CCCC1)C(=O)CNC(=O)CN.Cl. The van der Waals surface area contributed by atoms with Crippen LogP contribution in [0.15, 0.2) is 0 Å². The van der Waals surface area contributed by atoms with Crippen LogP contribution in [0.5, 0.6) is 0 Å². The van der Waals surface area contributed by atoms with Gasteiger partial charge in [0.15, 0.2) is 0 Å². The number of rotatable bonds is 5. The Kier molecular flexibility index (Phi) is 7.91. The molecule has 3 N–H and O–H groups in total. The van der Waals surface area contributed by atoms with E-state index >= 15 is 0 Å². The van der Waals surface area contributed by atoms with E-state index in [4.69, 9.17) is 5.73 Å². The van der Waals surface area contributed by atoms with E-state index in [0.717, 1.165) is 6.54 Å². The molecule has 0 aromatic rings. The lowest BCUT2D eigenvalue weighted by atomic mass is 10.1. The van der Waals surface area contributed by atoms with Crippen molar-refractivity contribution >= 4 is 24.2 Å². The smallest absolute Gasteiger partial charge is 0.241 e. The summed E-state index contributed by atoms with van der Waals surface area (Å²) in [4.78, 5) is 24.2. The monoisotopic (exact) mass is 263 g/mol. The van der Waals surface area contributed by atoms with Gasteiger partial charge in [-0.3, -0.25) is 9.59 Å². The second-order valence-corrected chi connectivity index (χ2v) is 4.41. The largest absolute Gasteiger partial charge is 0.346 e. The van der Waals surface area contributed by atoms with Gasteiger partial charge in [0.1, 0.15) is 0 Å². The maximum absolute atomic E-state index is 11.6. The van der Waals surface area contributed by atoms with Crippen molar-refractivity contribution in [1.29, 1.82) is 0 Å². The lowest BCUT2D eigenvalue weighted by Crippen LogP contribution is -2.41. The molecule has 1 rings (SSSR count). The Labute approximate surface area is 109 Å². The number of carbonyl (C=O) groups is 2. The number of hydrogen-bond acceptors (Lipinski definition) is 3. The van der Waals surface area contributed by atoms with Gasteiger partial charge in [0.05, 0.1) is 13.1 Å². The molecular formula is C11H22ClN3O2. The van der Waals surface area contributed by atoms with E-state index in [2.05, 4.69) is 5.32 Å². The summed E-state index contributed by atoms with van der Waals surface area (Å²) in [5.74, 6) is 0.301. The molecule has 0 aromatic heterocycles. The number of hydrogen-bond donors (Lipinski definition) is 2. The molecule has 0 radical (unpaired) electrons.